The van der Waals surface area contributed by atoms with Gasteiger partial charge in [-0.05, 0) is 18.2 Å². The lowest BCUT2D eigenvalue weighted by molar-refractivity contribution is -0.385. The molecular formula is C10H12N4O3S. The Balaban J connectivity index is 2.22. The fourth-order valence-electron chi connectivity index (χ4n) is 1.70. The van der Waals surface area contributed by atoms with E-state index in [-0.39, 0.29) is 23.1 Å². The van der Waals surface area contributed by atoms with Crippen molar-refractivity contribution < 1.29 is 9.72 Å². The van der Waals surface area contributed by atoms with Crippen molar-refractivity contribution in [3.8, 4) is 0 Å². The highest BCUT2D eigenvalue weighted by Crippen LogP contribution is 2.21. The highest BCUT2D eigenvalue weighted by molar-refractivity contribution is 7.99. The van der Waals surface area contributed by atoms with Gasteiger partial charge >= 0.3 is 0 Å². The third-order valence-corrected chi connectivity index (χ3v) is 3.77. The molecule has 1 aliphatic rings. The molecule has 1 unspecified atom stereocenters. The Kier molecular flexibility index (Phi) is 3.66. The van der Waals surface area contributed by atoms with Gasteiger partial charge in [0.15, 0.2) is 0 Å². The van der Waals surface area contributed by atoms with Gasteiger partial charge in [0.05, 0.1) is 4.92 Å². The molecule has 0 aromatic carbocycles. The summed E-state index contributed by atoms with van der Waals surface area (Å²) in [4.78, 5) is 25.8. The zero-order valence-corrected chi connectivity index (χ0v) is 10.3. The lowest BCUT2D eigenvalue weighted by Crippen LogP contribution is -2.35. The van der Waals surface area contributed by atoms with Crippen molar-refractivity contribution in [2.75, 3.05) is 17.2 Å². The van der Waals surface area contributed by atoms with Gasteiger partial charge < -0.3 is 11.1 Å². The first kappa shape index (κ1) is 12.6. The molecule has 8 heteroatoms. The van der Waals surface area contributed by atoms with Crippen LogP contribution in [0, 0.1) is 10.1 Å². The van der Waals surface area contributed by atoms with Crippen molar-refractivity contribution in [3.63, 3.8) is 0 Å². The maximum atomic E-state index is 12.0. The average Bonchev–Trinajstić information content (AvgIpc) is 2.81. The lowest BCUT2D eigenvalue weighted by Gasteiger charge is -2.11. The minimum absolute atomic E-state index is 0.0376. The number of nitrogen functional groups attached to an aromatic ring is 1. The van der Waals surface area contributed by atoms with Crippen molar-refractivity contribution in [3.05, 3.63) is 27.9 Å². The Bertz CT molecular complexity index is 488. The Labute approximate surface area is 107 Å². The third-order valence-electron chi connectivity index (χ3n) is 2.61. The Morgan fingerprint density at radius 2 is 2.44 bits per heavy atom. The monoisotopic (exact) mass is 268 g/mol. The second-order valence-electron chi connectivity index (χ2n) is 3.92. The fourth-order valence-corrected chi connectivity index (χ4v) is 2.86. The molecule has 0 saturated carbocycles. The van der Waals surface area contributed by atoms with E-state index in [0.29, 0.717) is 0 Å². The number of amides is 1. The molecule has 1 amide bonds. The number of rotatable bonds is 3. The number of carbonyl (C=O) groups is 1. The van der Waals surface area contributed by atoms with Crippen molar-refractivity contribution in [1.82, 2.24) is 10.3 Å². The number of aromatic nitrogens is 1. The van der Waals surface area contributed by atoms with Crippen LogP contribution in [-0.2, 0) is 0 Å². The first-order valence-electron chi connectivity index (χ1n) is 5.36. The molecule has 1 aromatic heterocycles. The number of hydrogen-bond acceptors (Lipinski definition) is 6. The van der Waals surface area contributed by atoms with Crippen LogP contribution in [0.4, 0.5) is 11.5 Å². The van der Waals surface area contributed by atoms with Gasteiger partial charge in [-0.3, -0.25) is 14.9 Å². The minimum atomic E-state index is -0.634. The van der Waals surface area contributed by atoms with Gasteiger partial charge in [-0.1, -0.05) is 0 Å². The van der Waals surface area contributed by atoms with E-state index in [2.05, 4.69) is 10.3 Å². The van der Waals surface area contributed by atoms with E-state index in [9.17, 15) is 14.9 Å². The maximum absolute atomic E-state index is 12.0. The second-order valence-corrected chi connectivity index (χ2v) is 5.07. The van der Waals surface area contributed by atoms with E-state index >= 15 is 0 Å². The van der Waals surface area contributed by atoms with E-state index in [1.807, 2.05) is 0 Å². The summed E-state index contributed by atoms with van der Waals surface area (Å²) >= 11 is 1.75. The molecule has 2 rings (SSSR count). The summed E-state index contributed by atoms with van der Waals surface area (Å²) in [6.07, 6.45) is 1.89. The zero-order valence-electron chi connectivity index (χ0n) is 9.46. The van der Waals surface area contributed by atoms with Crippen LogP contribution in [-0.4, -0.2) is 33.4 Å². The summed E-state index contributed by atoms with van der Waals surface area (Å²) < 4.78 is 0. The molecule has 1 fully saturated rings. The smallest absolute Gasteiger partial charge is 0.300 e. The highest BCUT2D eigenvalue weighted by atomic mass is 32.2. The second kappa shape index (κ2) is 5.21. The van der Waals surface area contributed by atoms with Gasteiger partial charge in [0, 0.05) is 11.8 Å². The molecule has 0 aliphatic carbocycles. The molecule has 1 saturated heterocycles. The van der Waals surface area contributed by atoms with Gasteiger partial charge in [0.2, 0.25) is 0 Å². The highest BCUT2D eigenvalue weighted by Gasteiger charge is 2.24. The molecule has 7 nitrogen and oxygen atoms in total. The number of hydrogen-bond donors (Lipinski definition) is 2. The number of nitro groups is 1. The molecule has 2 heterocycles. The van der Waals surface area contributed by atoms with Crippen LogP contribution in [0.15, 0.2) is 12.3 Å². The first-order chi connectivity index (χ1) is 8.58. The number of thioether (sulfide) groups is 1. The summed E-state index contributed by atoms with van der Waals surface area (Å²) in [7, 11) is 0. The summed E-state index contributed by atoms with van der Waals surface area (Å²) in [6, 6.07) is 1.30. The Morgan fingerprint density at radius 3 is 3.06 bits per heavy atom. The lowest BCUT2D eigenvalue weighted by atomic mass is 10.2. The van der Waals surface area contributed by atoms with E-state index in [0.717, 1.165) is 24.1 Å². The molecule has 18 heavy (non-hydrogen) atoms. The van der Waals surface area contributed by atoms with E-state index in [1.165, 1.54) is 6.07 Å². The molecule has 96 valence electrons. The van der Waals surface area contributed by atoms with Crippen LogP contribution < -0.4 is 11.1 Å². The normalized spacial score (nSPS) is 18.6. The number of anilines is 1. The van der Waals surface area contributed by atoms with Crippen LogP contribution in [0.5, 0.6) is 0 Å². The molecule has 1 aliphatic heterocycles. The molecule has 3 N–H and O–H groups in total. The zero-order chi connectivity index (χ0) is 13.1. The van der Waals surface area contributed by atoms with Gasteiger partial charge in [-0.15, -0.1) is 0 Å². The van der Waals surface area contributed by atoms with Crippen molar-refractivity contribution in [1.29, 1.82) is 0 Å². The van der Waals surface area contributed by atoms with Crippen LogP contribution >= 0.6 is 11.8 Å². The molecule has 0 radical (unpaired) electrons. The molecule has 0 spiro atoms. The molecule has 1 aromatic rings. The van der Waals surface area contributed by atoms with Gasteiger partial charge in [-0.25, -0.2) is 4.98 Å². The largest absolute Gasteiger partial charge is 0.384 e. The average molecular weight is 268 g/mol. The summed E-state index contributed by atoms with van der Waals surface area (Å²) in [5.74, 6) is 1.45. The summed E-state index contributed by atoms with van der Waals surface area (Å²) in [5.41, 5.74) is 5.09. The number of nitrogens with zero attached hydrogens (tertiary/aromatic N) is 2. The number of nitrogens with one attached hydrogen (secondary N) is 1. The topological polar surface area (TPSA) is 111 Å². The van der Waals surface area contributed by atoms with Crippen LogP contribution in [0.2, 0.25) is 0 Å². The third kappa shape index (κ3) is 2.70. The number of nitrogens with two attached hydrogens (primary N) is 1. The summed E-state index contributed by atoms with van der Waals surface area (Å²) in [5, 5.41) is 13.6. The van der Waals surface area contributed by atoms with Crippen molar-refractivity contribution in [2.45, 2.75) is 12.5 Å². The Hall–Kier alpha value is -1.83. The number of pyridine rings is 1. The van der Waals surface area contributed by atoms with Gasteiger partial charge in [-0.2, -0.15) is 11.8 Å². The van der Waals surface area contributed by atoms with E-state index in [4.69, 9.17) is 5.73 Å². The maximum Gasteiger partial charge on any atom is 0.300 e. The summed E-state index contributed by atoms with van der Waals surface area (Å²) in [6.45, 7) is 0. The molecular weight excluding hydrogens is 256 g/mol. The SMILES string of the molecule is Nc1cc(C(=O)NC2CCSC2)c([N+](=O)[O-])cn1. The standard InChI is InChI=1S/C10H12N4O3S/c11-9-3-7(8(4-12-9)14(16)17)10(15)13-6-1-2-18-5-6/h3-4,6H,1-2,5H2,(H2,11,12)(H,13,15). The fraction of sp³-hybridized carbons (Fsp3) is 0.400. The van der Waals surface area contributed by atoms with Crippen LogP contribution in [0.3, 0.4) is 0 Å². The molecule has 1 atom stereocenters. The van der Waals surface area contributed by atoms with Crippen LogP contribution in [0.25, 0.3) is 0 Å². The first-order valence-corrected chi connectivity index (χ1v) is 6.52. The predicted molar refractivity (Wildman–Crippen MR) is 68.5 cm³/mol. The van der Waals surface area contributed by atoms with E-state index < -0.39 is 10.8 Å². The minimum Gasteiger partial charge on any atom is -0.384 e. The Morgan fingerprint density at radius 1 is 1.67 bits per heavy atom. The number of carbonyl (C=O) groups excluding carboxylic acids is 1. The van der Waals surface area contributed by atoms with Crippen molar-refractivity contribution >= 4 is 29.2 Å². The molecule has 0 bridgehead atoms. The quantitative estimate of drug-likeness (QED) is 0.619. The van der Waals surface area contributed by atoms with Gasteiger partial charge in [0.25, 0.3) is 11.6 Å². The van der Waals surface area contributed by atoms with Crippen molar-refractivity contribution in [2.24, 2.45) is 0 Å². The van der Waals surface area contributed by atoms with E-state index in [1.54, 1.807) is 11.8 Å². The van der Waals surface area contributed by atoms with Gasteiger partial charge in [0.1, 0.15) is 17.6 Å². The van der Waals surface area contributed by atoms with Crippen LogP contribution in [0.1, 0.15) is 16.8 Å². The predicted octanol–water partition coefficient (Wildman–Crippen LogP) is 0.807.